The van der Waals surface area contributed by atoms with Crippen LogP contribution in [-0.2, 0) is 10.0 Å². The molecule has 0 saturated carbocycles. The summed E-state index contributed by atoms with van der Waals surface area (Å²) in [5, 5.41) is 15.5. The third kappa shape index (κ3) is 5.77. The number of anilines is 2. The van der Waals surface area contributed by atoms with Crippen LogP contribution in [0.15, 0.2) is 46.4 Å². The van der Waals surface area contributed by atoms with Gasteiger partial charge in [0.2, 0.25) is 0 Å². The van der Waals surface area contributed by atoms with E-state index >= 15 is 0 Å². The molecule has 0 fully saturated rings. The predicted octanol–water partition coefficient (Wildman–Crippen LogP) is 4.85. The predicted molar refractivity (Wildman–Crippen MR) is 116 cm³/mol. The monoisotopic (exact) mass is 418 g/mol. The van der Waals surface area contributed by atoms with Gasteiger partial charge >= 0.3 is 0 Å². The first-order valence-electron chi connectivity index (χ1n) is 9.35. The van der Waals surface area contributed by atoms with E-state index in [9.17, 15) is 18.5 Å². The van der Waals surface area contributed by atoms with E-state index in [2.05, 4.69) is 15.2 Å². The fourth-order valence-electron chi connectivity index (χ4n) is 2.77. The largest absolute Gasteiger partial charge is 0.295 e. The Bertz CT molecular complexity index is 1020. The maximum Gasteiger partial charge on any atom is 0.295 e. The molecule has 0 heterocycles. The summed E-state index contributed by atoms with van der Waals surface area (Å²) in [6.45, 7) is 7.76. The Labute approximate surface area is 171 Å². The quantitative estimate of drug-likeness (QED) is 0.343. The first kappa shape index (κ1) is 22.4. The number of hydrogen-bond donors (Lipinski definition) is 2. The number of aryl methyl sites for hydroxylation is 2. The van der Waals surface area contributed by atoms with Crippen molar-refractivity contribution < 1.29 is 13.3 Å². The Morgan fingerprint density at radius 1 is 1.10 bits per heavy atom. The van der Waals surface area contributed by atoms with Gasteiger partial charge in [-0.3, -0.25) is 20.3 Å². The summed E-state index contributed by atoms with van der Waals surface area (Å²) in [6, 6.07) is 9.00. The van der Waals surface area contributed by atoms with E-state index in [-0.39, 0.29) is 22.2 Å². The zero-order valence-corrected chi connectivity index (χ0v) is 17.8. The van der Waals surface area contributed by atoms with Gasteiger partial charge in [0, 0.05) is 12.3 Å². The van der Waals surface area contributed by atoms with Crippen LogP contribution in [0.4, 0.5) is 17.1 Å². The van der Waals surface area contributed by atoms with Gasteiger partial charge in [-0.05, 0) is 56.4 Å². The first-order valence-corrected chi connectivity index (χ1v) is 10.8. The molecule has 156 valence electrons. The van der Waals surface area contributed by atoms with Gasteiger partial charge in [0.05, 0.1) is 15.5 Å². The Kier molecular flexibility index (Phi) is 7.33. The van der Waals surface area contributed by atoms with E-state index in [4.69, 9.17) is 0 Å². The summed E-state index contributed by atoms with van der Waals surface area (Å²) in [4.78, 5) is 10.6. The zero-order valence-electron chi connectivity index (χ0n) is 17.0. The maximum absolute atomic E-state index is 12.7. The van der Waals surface area contributed by atoms with Crippen LogP contribution in [0, 0.1) is 29.9 Å². The number of benzene rings is 2. The van der Waals surface area contributed by atoms with Gasteiger partial charge in [-0.25, -0.2) is 8.42 Å². The van der Waals surface area contributed by atoms with Gasteiger partial charge < -0.3 is 0 Å². The van der Waals surface area contributed by atoms with E-state index in [1.54, 1.807) is 25.3 Å². The van der Waals surface area contributed by atoms with Crippen molar-refractivity contribution in [1.29, 1.82) is 0 Å². The summed E-state index contributed by atoms with van der Waals surface area (Å²) in [5.41, 5.74) is 4.60. The van der Waals surface area contributed by atoms with Crippen molar-refractivity contribution in [2.45, 2.75) is 45.4 Å². The Morgan fingerprint density at radius 3 is 2.34 bits per heavy atom. The van der Waals surface area contributed by atoms with Crippen molar-refractivity contribution >= 4 is 33.3 Å². The third-order valence-corrected chi connectivity index (χ3v) is 5.98. The molecule has 8 nitrogen and oxygen atoms in total. The molecule has 0 bridgehead atoms. The molecule has 2 N–H and O–H groups in total. The third-order valence-electron chi connectivity index (χ3n) is 4.62. The van der Waals surface area contributed by atoms with E-state index in [0.29, 0.717) is 5.69 Å². The highest BCUT2D eigenvalue weighted by molar-refractivity contribution is 7.92. The normalized spacial score (nSPS) is 11.8. The average Bonchev–Trinajstić information content (AvgIpc) is 2.67. The summed E-state index contributed by atoms with van der Waals surface area (Å²) < 4.78 is 27.9. The molecule has 2 aromatic carbocycles. The standard InChI is InChI=1S/C20H26N4O4S/c1-5-16(6-2)13-21-22-19-10-8-17(12-20(19)24(25)26)29(27,28)23-18-9-7-14(3)11-15(18)4/h7-13,16,22-23H,5-6H2,1-4H3/b21-13-. The maximum atomic E-state index is 12.7. The molecule has 2 rings (SSSR count). The molecule has 0 saturated heterocycles. The average molecular weight is 419 g/mol. The van der Waals surface area contributed by atoms with Crippen LogP contribution in [0.3, 0.4) is 0 Å². The molecule has 0 amide bonds. The number of sulfonamides is 1. The summed E-state index contributed by atoms with van der Waals surface area (Å²) >= 11 is 0. The van der Waals surface area contributed by atoms with Crippen LogP contribution in [0.25, 0.3) is 0 Å². The SMILES string of the molecule is CCC(/C=N\Nc1ccc(S(=O)(=O)Nc2ccc(C)cc2C)cc1[N+](=O)[O-])CC. The van der Waals surface area contributed by atoms with Crippen molar-refractivity contribution in [2.75, 3.05) is 10.1 Å². The fraction of sp³-hybridized carbons (Fsp3) is 0.350. The van der Waals surface area contributed by atoms with Crippen LogP contribution in [0.2, 0.25) is 0 Å². The van der Waals surface area contributed by atoms with E-state index in [0.717, 1.165) is 30.0 Å². The zero-order chi connectivity index (χ0) is 21.6. The summed E-state index contributed by atoms with van der Waals surface area (Å²) in [5.74, 6) is 0.267. The lowest BCUT2D eigenvalue weighted by Gasteiger charge is -2.12. The number of nitro benzene ring substituents is 1. The van der Waals surface area contributed by atoms with E-state index < -0.39 is 14.9 Å². The minimum Gasteiger partial charge on any atom is -0.279 e. The minimum absolute atomic E-state index is 0.127. The molecule has 9 heteroatoms. The number of hydrogen-bond acceptors (Lipinski definition) is 6. The number of hydrazone groups is 1. The van der Waals surface area contributed by atoms with Crippen LogP contribution in [-0.4, -0.2) is 19.6 Å². The van der Waals surface area contributed by atoms with Gasteiger partial charge in [-0.1, -0.05) is 31.5 Å². The van der Waals surface area contributed by atoms with Crippen LogP contribution >= 0.6 is 0 Å². The molecule has 0 atom stereocenters. The van der Waals surface area contributed by atoms with Crippen molar-refractivity contribution in [3.63, 3.8) is 0 Å². The molecule has 0 aliphatic heterocycles. The second-order valence-electron chi connectivity index (χ2n) is 6.83. The fourth-order valence-corrected chi connectivity index (χ4v) is 3.92. The van der Waals surface area contributed by atoms with Gasteiger partial charge in [-0.2, -0.15) is 5.10 Å². The highest BCUT2D eigenvalue weighted by Crippen LogP contribution is 2.29. The van der Waals surface area contributed by atoms with Crippen molar-refractivity contribution in [3.8, 4) is 0 Å². The lowest BCUT2D eigenvalue weighted by molar-refractivity contribution is -0.384. The number of nitrogens with zero attached hydrogens (tertiary/aromatic N) is 2. The van der Waals surface area contributed by atoms with E-state index in [1.165, 1.54) is 12.1 Å². The first-order chi connectivity index (χ1) is 13.7. The molecule has 29 heavy (non-hydrogen) atoms. The molecule has 0 spiro atoms. The Morgan fingerprint density at radius 2 is 1.76 bits per heavy atom. The van der Waals surface area contributed by atoms with Gasteiger partial charge in [0.25, 0.3) is 15.7 Å². The van der Waals surface area contributed by atoms with Crippen molar-refractivity contribution in [1.82, 2.24) is 0 Å². The van der Waals surface area contributed by atoms with Gasteiger partial charge in [0.15, 0.2) is 0 Å². The lowest BCUT2D eigenvalue weighted by atomic mass is 10.1. The molecular formula is C20H26N4O4S. The van der Waals surface area contributed by atoms with E-state index in [1.807, 2.05) is 26.8 Å². The number of nitrogens with one attached hydrogen (secondary N) is 2. The number of rotatable bonds is 9. The Balaban J connectivity index is 2.31. The summed E-state index contributed by atoms with van der Waals surface area (Å²) in [6.07, 6.45) is 3.52. The van der Waals surface area contributed by atoms with Crippen LogP contribution in [0.1, 0.15) is 37.8 Å². The van der Waals surface area contributed by atoms with Crippen LogP contribution < -0.4 is 10.1 Å². The van der Waals surface area contributed by atoms with Gasteiger partial charge in [-0.15, -0.1) is 0 Å². The second kappa shape index (κ2) is 9.51. The smallest absolute Gasteiger partial charge is 0.279 e. The molecule has 0 unspecified atom stereocenters. The summed E-state index contributed by atoms with van der Waals surface area (Å²) in [7, 11) is -3.98. The number of nitro groups is 1. The highest BCUT2D eigenvalue weighted by atomic mass is 32.2. The van der Waals surface area contributed by atoms with Crippen LogP contribution in [0.5, 0.6) is 0 Å². The van der Waals surface area contributed by atoms with Gasteiger partial charge in [0.1, 0.15) is 5.69 Å². The molecule has 0 aliphatic carbocycles. The minimum atomic E-state index is -3.98. The molecular weight excluding hydrogens is 392 g/mol. The molecule has 0 aromatic heterocycles. The second-order valence-corrected chi connectivity index (χ2v) is 8.51. The molecule has 0 aliphatic rings. The molecule has 2 aromatic rings. The molecule has 0 radical (unpaired) electrons. The van der Waals surface area contributed by atoms with Crippen molar-refractivity contribution in [3.05, 3.63) is 57.6 Å². The topological polar surface area (TPSA) is 114 Å². The highest BCUT2D eigenvalue weighted by Gasteiger charge is 2.22. The lowest BCUT2D eigenvalue weighted by Crippen LogP contribution is -2.14. The van der Waals surface area contributed by atoms with Crippen molar-refractivity contribution in [2.24, 2.45) is 11.0 Å². The Hall–Kier alpha value is -2.94.